The van der Waals surface area contributed by atoms with Crippen molar-refractivity contribution in [2.45, 2.75) is 44.6 Å². The third-order valence-corrected chi connectivity index (χ3v) is 7.13. The van der Waals surface area contributed by atoms with Crippen molar-refractivity contribution in [3.05, 3.63) is 110 Å². The van der Waals surface area contributed by atoms with Crippen LogP contribution in [0.25, 0.3) is 0 Å². The van der Waals surface area contributed by atoms with E-state index in [1.807, 2.05) is 68.4 Å². The van der Waals surface area contributed by atoms with Crippen LogP contribution in [0.15, 0.2) is 83.3 Å². The second-order valence-corrected chi connectivity index (χ2v) is 10.8. The smallest absolute Gasteiger partial charge is 0.269 e. The van der Waals surface area contributed by atoms with Crippen molar-refractivity contribution in [3.63, 3.8) is 0 Å². The Hall–Kier alpha value is -3.17. The minimum atomic E-state index is -0.680. The maximum atomic E-state index is 13.6. The summed E-state index contributed by atoms with van der Waals surface area (Å²) in [4.78, 5) is 39.1. The summed E-state index contributed by atoms with van der Waals surface area (Å²) >= 11 is 4.87. The van der Waals surface area contributed by atoms with Gasteiger partial charge in [-0.2, -0.15) is 0 Å². The number of hydrogen-bond donors (Lipinski definition) is 1. The molecule has 0 fully saturated rings. The van der Waals surface area contributed by atoms with Crippen LogP contribution in [0.4, 0.5) is 5.69 Å². The van der Waals surface area contributed by atoms with Crippen LogP contribution in [-0.2, 0) is 28.3 Å². The first kappa shape index (κ1) is 28.4. The van der Waals surface area contributed by atoms with Crippen LogP contribution >= 0.6 is 27.7 Å². The first-order valence-electron chi connectivity index (χ1n) is 11.9. The van der Waals surface area contributed by atoms with Gasteiger partial charge in [-0.3, -0.25) is 19.7 Å². The Labute approximate surface area is 229 Å². The lowest BCUT2D eigenvalue weighted by molar-refractivity contribution is -0.384. The standard InChI is InChI=1S/C28H30BrN3O4S/c1-20(2)30-28(34)26(16-21-6-4-3-5-7-21)31(17-22-8-12-24(29)13-9-22)27(33)19-37-18-23-10-14-25(15-11-23)32(35)36/h3-15,20,26H,16-19H2,1-2H3,(H,30,34)/t26-/m0/s1. The Balaban J connectivity index is 1.81. The molecule has 0 bridgehead atoms. The van der Waals surface area contributed by atoms with Crippen LogP contribution in [-0.4, -0.2) is 39.5 Å². The maximum Gasteiger partial charge on any atom is 0.269 e. The lowest BCUT2D eigenvalue weighted by Gasteiger charge is -2.32. The quantitative estimate of drug-likeness (QED) is 0.216. The van der Waals surface area contributed by atoms with Crippen molar-refractivity contribution < 1.29 is 14.5 Å². The van der Waals surface area contributed by atoms with E-state index in [4.69, 9.17) is 0 Å². The number of nitro benzene ring substituents is 1. The minimum absolute atomic E-state index is 0.0328. The molecular formula is C28H30BrN3O4S. The molecule has 1 N–H and O–H groups in total. The van der Waals surface area contributed by atoms with Crippen LogP contribution in [0.3, 0.4) is 0 Å². The molecule has 9 heteroatoms. The highest BCUT2D eigenvalue weighted by Crippen LogP contribution is 2.21. The fraction of sp³-hybridized carbons (Fsp3) is 0.286. The van der Waals surface area contributed by atoms with E-state index in [1.54, 1.807) is 17.0 Å². The summed E-state index contributed by atoms with van der Waals surface area (Å²) in [6.07, 6.45) is 0.398. The molecule has 3 aromatic rings. The second-order valence-electron chi connectivity index (χ2n) is 8.93. The lowest BCUT2D eigenvalue weighted by atomic mass is 10.0. The molecule has 0 unspecified atom stereocenters. The second kappa shape index (κ2) is 13.9. The Morgan fingerprint density at radius 2 is 1.57 bits per heavy atom. The number of nitrogens with zero attached hydrogens (tertiary/aromatic N) is 2. The van der Waals surface area contributed by atoms with Crippen LogP contribution in [0.1, 0.15) is 30.5 Å². The Morgan fingerprint density at radius 1 is 0.946 bits per heavy atom. The number of non-ortho nitro benzene ring substituents is 1. The number of halogens is 1. The molecule has 0 radical (unpaired) electrons. The van der Waals surface area contributed by atoms with Gasteiger partial charge < -0.3 is 10.2 Å². The molecule has 0 heterocycles. The molecule has 3 aromatic carbocycles. The van der Waals surface area contributed by atoms with Gasteiger partial charge in [0, 0.05) is 41.4 Å². The van der Waals surface area contributed by atoms with Gasteiger partial charge in [0.1, 0.15) is 6.04 Å². The Morgan fingerprint density at radius 3 is 2.16 bits per heavy atom. The van der Waals surface area contributed by atoms with Crippen molar-refractivity contribution in [3.8, 4) is 0 Å². The van der Waals surface area contributed by atoms with E-state index in [1.165, 1.54) is 23.9 Å². The van der Waals surface area contributed by atoms with Gasteiger partial charge in [-0.25, -0.2) is 0 Å². The molecule has 0 aromatic heterocycles. The lowest BCUT2D eigenvalue weighted by Crippen LogP contribution is -2.52. The van der Waals surface area contributed by atoms with Crippen molar-refractivity contribution in [1.29, 1.82) is 0 Å². The van der Waals surface area contributed by atoms with Gasteiger partial charge in [0.25, 0.3) is 5.69 Å². The molecule has 0 saturated heterocycles. The van der Waals surface area contributed by atoms with Gasteiger partial charge in [0.15, 0.2) is 0 Å². The molecule has 1 atom stereocenters. The van der Waals surface area contributed by atoms with E-state index in [-0.39, 0.29) is 29.3 Å². The maximum absolute atomic E-state index is 13.6. The molecule has 37 heavy (non-hydrogen) atoms. The number of benzene rings is 3. The highest BCUT2D eigenvalue weighted by molar-refractivity contribution is 9.10. The van der Waals surface area contributed by atoms with Crippen molar-refractivity contribution in [1.82, 2.24) is 10.2 Å². The van der Waals surface area contributed by atoms with Crippen molar-refractivity contribution >= 4 is 45.2 Å². The SMILES string of the molecule is CC(C)NC(=O)[C@H](Cc1ccccc1)N(Cc1ccc(Br)cc1)C(=O)CSCc1ccc([N+](=O)[O-])cc1. The van der Waals surface area contributed by atoms with E-state index in [0.717, 1.165) is 21.2 Å². The van der Waals surface area contributed by atoms with Crippen LogP contribution in [0.5, 0.6) is 0 Å². The summed E-state index contributed by atoms with van der Waals surface area (Å²) in [7, 11) is 0. The fourth-order valence-corrected chi connectivity index (χ4v) is 4.91. The number of thioether (sulfide) groups is 1. The summed E-state index contributed by atoms with van der Waals surface area (Å²) < 4.78 is 0.936. The molecule has 0 aliphatic carbocycles. The van der Waals surface area contributed by atoms with E-state index >= 15 is 0 Å². The van der Waals surface area contributed by atoms with Gasteiger partial charge >= 0.3 is 0 Å². The average molecular weight is 585 g/mol. The molecule has 194 valence electrons. The predicted octanol–water partition coefficient (Wildman–Crippen LogP) is 5.76. The summed E-state index contributed by atoms with van der Waals surface area (Å²) in [5, 5.41) is 13.9. The molecule has 0 aliphatic heterocycles. The number of amides is 2. The first-order valence-corrected chi connectivity index (χ1v) is 13.9. The number of nitrogens with one attached hydrogen (secondary N) is 1. The summed E-state index contributed by atoms with van der Waals surface area (Å²) in [6.45, 7) is 4.10. The van der Waals surface area contributed by atoms with Gasteiger partial charge in [0.2, 0.25) is 11.8 Å². The zero-order valence-corrected chi connectivity index (χ0v) is 23.2. The monoisotopic (exact) mass is 583 g/mol. The molecule has 0 saturated carbocycles. The Kier molecular flexibility index (Phi) is 10.7. The summed E-state index contributed by atoms with van der Waals surface area (Å²) in [5.41, 5.74) is 2.82. The zero-order chi connectivity index (χ0) is 26.8. The summed E-state index contributed by atoms with van der Waals surface area (Å²) in [5.74, 6) is 0.366. The van der Waals surface area contributed by atoms with E-state index in [2.05, 4.69) is 21.2 Å². The largest absolute Gasteiger partial charge is 0.352 e. The molecule has 3 rings (SSSR count). The molecule has 0 aliphatic rings. The number of rotatable bonds is 12. The van der Waals surface area contributed by atoms with Gasteiger partial charge in [-0.15, -0.1) is 11.8 Å². The normalized spacial score (nSPS) is 11.7. The van der Waals surface area contributed by atoms with E-state index in [9.17, 15) is 19.7 Å². The third kappa shape index (κ3) is 9.02. The highest BCUT2D eigenvalue weighted by atomic mass is 79.9. The average Bonchev–Trinajstić information content (AvgIpc) is 2.87. The zero-order valence-electron chi connectivity index (χ0n) is 20.8. The third-order valence-electron chi connectivity index (χ3n) is 5.61. The highest BCUT2D eigenvalue weighted by Gasteiger charge is 2.30. The van der Waals surface area contributed by atoms with Gasteiger partial charge in [0.05, 0.1) is 10.7 Å². The van der Waals surface area contributed by atoms with Crippen molar-refractivity contribution in [2.75, 3.05) is 5.75 Å². The van der Waals surface area contributed by atoms with E-state index < -0.39 is 11.0 Å². The van der Waals surface area contributed by atoms with Gasteiger partial charge in [-0.1, -0.05) is 70.5 Å². The van der Waals surface area contributed by atoms with Gasteiger partial charge in [-0.05, 0) is 42.7 Å². The number of nitro groups is 1. The minimum Gasteiger partial charge on any atom is -0.352 e. The topological polar surface area (TPSA) is 92.6 Å². The number of carbonyl (C=O) groups excluding carboxylic acids is 2. The molecule has 7 nitrogen and oxygen atoms in total. The van der Waals surface area contributed by atoms with Crippen molar-refractivity contribution in [2.24, 2.45) is 0 Å². The first-order chi connectivity index (χ1) is 17.7. The Bertz CT molecular complexity index is 1190. The predicted molar refractivity (Wildman–Crippen MR) is 151 cm³/mol. The van der Waals surface area contributed by atoms with Crippen LogP contribution < -0.4 is 5.32 Å². The van der Waals surface area contributed by atoms with Crippen LogP contribution in [0, 0.1) is 10.1 Å². The van der Waals surface area contributed by atoms with Crippen LogP contribution in [0.2, 0.25) is 0 Å². The molecule has 2 amide bonds. The summed E-state index contributed by atoms with van der Waals surface area (Å²) in [6, 6.07) is 23.0. The molecule has 0 spiro atoms. The van der Waals surface area contributed by atoms with E-state index in [0.29, 0.717) is 18.7 Å². The number of hydrogen-bond acceptors (Lipinski definition) is 5. The molecular weight excluding hydrogens is 554 g/mol. The number of carbonyl (C=O) groups is 2. The fourth-order valence-electron chi connectivity index (χ4n) is 3.77.